The third-order valence-corrected chi connectivity index (χ3v) is 2.82. The minimum Gasteiger partial charge on any atom is -0.390 e. The first-order chi connectivity index (χ1) is 6.60. The van der Waals surface area contributed by atoms with Gasteiger partial charge < -0.3 is 10.2 Å². The van der Waals surface area contributed by atoms with Crippen molar-refractivity contribution in [2.24, 2.45) is 0 Å². The molecule has 1 atom stereocenters. The van der Waals surface area contributed by atoms with Crippen LogP contribution in [0, 0.1) is 0 Å². The van der Waals surface area contributed by atoms with E-state index in [2.05, 4.69) is 6.92 Å². The summed E-state index contributed by atoms with van der Waals surface area (Å²) in [6.45, 7) is 6.20. The molecule has 0 spiro atoms. The van der Waals surface area contributed by atoms with Gasteiger partial charge in [0, 0.05) is 0 Å². The van der Waals surface area contributed by atoms with Crippen molar-refractivity contribution >= 4 is 0 Å². The molecule has 0 amide bonds. The summed E-state index contributed by atoms with van der Waals surface area (Å²) in [7, 11) is 0. The Hall–Kier alpha value is -0.0800. The van der Waals surface area contributed by atoms with E-state index in [1.807, 2.05) is 13.8 Å². The van der Waals surface area contributed by atoms with Crippen molar-refractivity contribution in [3.63, 3.8) is 0 Å². The zero-order valence-corrected chi connectivity index (χ0v) is 9.92. The molecular formula is C12H26O2. The Morgan fingerprint density at radius 2 is 1.50 bits per heavy atom. The molecule has 0 aliphatic carbocycles. The van der Waals surface area contributed by atoms with Gasteiger partial charge in [-0.05, 0) is 19.3 Å². The molecule has 0 aromatic carbocycles. The van der Waals surface area contributed by atoms with Crippen LogP contribution in [0.3, 0.4) is 0 Å². The number of aliphatic hydroxyl groups is 2. The number of hydrogen-bond acceptors (Lipinski definition) is 2. The summed E-state index contributed by atoms with van der Waals surface area (Å²) in [5.41, 5.74) is -0.835. The van der Waals surface area contributed by atoms with Gasteiger partial charge in [-0.25, -0.2) is 0 Å². The Bertz CT molecular complexity index is 128. The summed E-state index contributed by atoms with van der Waals surface area (Å²) in [6.07, 6.45) is 5.55. The van der Waals surface area contributed by atoms with Crippen LogP contribution in [0.2, 0.25) is 0 Å². The fraction of sp³-hybridized carbons (Fsp3) is 1.00. The van der Waals surface area contributed by atoms with Crippen LogP contribution >= 0.6 is 0 Å². The Morgan fingerprint density at radius 1 is 1.00 bits per heavy atom. The lowest BCUT2D eigenvalue weighted by molar-refractivity contribution is -0.0900. The average molecular weight is 202 g/mol. The molecule has 0 bridgehead atoms. The van der Waals surface area contributed by atoms with E-state index in [-0.39, 0.29) is 0 Å². The molecule has 0 aromatic rings. The summed E-state index contributed by atoms with van der Waals surface area (Å²) < 4.78 is 0. The fourth-order valence-corrected chi connectivity index (χ4v) is 1.99. The molecule has 2 N–H and O–H groups in total. The Labute approximate surface area is 88.3 Å². The van der Waals surface area contributed by atoms with Crippen molar-refractivity contribution < 1.29 is 10.2 Å². The molecule has 0 aliphatic rings. The van der Waals surface area contributed by atoms with E-state index in [0.29, 0.717) is 12.8 Å². The van der Waals surface area contributed by atoms with Crippen LogP contribution in [-0.2, 0) is 0 Å². The number of hydrogen-bond donors (Lipinski definition) is 2. The van der Waals surface area contributed by atoms with E-state index in [4.69, 9.17) is 0 Å². The maximum absolute atomic E-state index is 10.3. The van der Waals surface area contributed by atoms with Gasteiger partial charge in [-0.3, -0.25) is 0 Å². The Balaban J connectivity index is 4.15. The lowest BCUT2D eigenvalue weighted by Gasteiger charge is -2.32. The van der Waals surface area contributed by atoms with Gasteiger partial charge in [0.2, 0.25) is 0 Å². The molecule has 0 aliphatic heterocycles. The summed E-state index contributed by atoms with van der Waals surface area (Å²) in [4.78, 5) is 0. The zero-order chi connectivity index (χ0) is 11.0. The smallest absolute Gasteiger partial charge is 0.0905 e. The van der Waals surface area contributed by atoms with Gasteiger partial charge >= 0.3 is 0 Å². The largest absolute Gasteiger partial charge is 0.390 e. The molecular weight excluding hydrogens is 176 g/mol. The third kappa shape index (κ3) is 4.43. The van der Waals surface area contributed by atoms with Crippen LogP contribution in [0.4, 0.5) is 0 Å². The highest BCUT2D eigenvalue weighted by Gasteiger charge is 2.32. The number of unbranched alkanes of at least 4 members (excludes halogenated alkanes) is 1. The minimum absolute atomic E-state index is 0.539. The van der Waals surface area contributed by atoms with Crippen molar-refractivity contribution in [2.75, 3.05) is 0 Å². The fourth-order valence-electron chi connectivity index (χ4n) is 1.99. The molecule has 0 saturated heterocycles. The van der Waals surface area contributed by atoms with Crippen LogP contribution in [0.25, 0.3) is 0 Å². The monoisotopic (exact) mass is 202 g/mol. The molecule has 0 aromatic heterocycles. The predicted molar refractivity (Wildman–Crippen MR) is 60.3 cm³/mol. The quantitative estimate of drug-likeness (QED) is 0.635. The summed E-state index contributed by atoms with van der Waals surface area (Å²) in [6, 6.07) is 0. The molecule has 0 saturated carbocycles. The molecule has 86 valence electrons. The van der Waals surface area contributed by atoms with Gasteiger partial charge in [0.05, 0.1) is 11.7 Å². The Morgan fingerprint density at radius 3 is 1.86 bits per heavy atom. The first-order valence-electron chi connectivity index (χ1n) is 6.01. The van der Waals surface area contributed by atoms with Crippen LogP contribution in [0.5, 0.6) is 0 Å². The molecule has 0 radical (unpaired) electrons. The van der Waals surface area contributed by atoms with Gasteiger partial charge in [0.15, 0.2) is 0 Å². The van der Waals surface area contributed by atoms with E-state index < -0.39 is 11.7 Å². The molecule has 0 fully saturated rings. The topological polar surface area (TPSA) is 40.5 Å². The predicted octanol–water partition coefficient (Wildman–Crippen LogP) is 2.87. The van der Waals surface area contributed by atoms with Crippen molar-refractivity contribution in [2.45, 2.75) is 77.4 Å². The average Bonchev–Trinajstić information content (AvgIpc) is 2.15. The van der Waals surface area contributed by atoms with Gasteiger partial charge in [0.25, 0.3) is 0 Å². The maximum atomic E-state index is 10.3. The van der Waals surface area contributed by atoms with Gasteiger partial charge in [0.1, 0.15) is 0 Å². The number of rotatable bonds is 8. The van der Waals surface area contributed by atoms with E-state index in [1.54, 1.807) is 0 Å². The summed E-state index contributed by atoms with van der Waals surface area (Å²) in [5, 5.41) is 20.2. The Kier molecular flexibility index (Phi) is 7.20. The van der Waals surface area contributed by atoms with E-state index >= 15 is 0 Å². The standard InChI is InChI=1S/C12H26O2/c1-4-7-8-11(13)12(14,9-5-2)10-6-3/h11,13-14H,4-10H2,1-3H3. The molecule has 0 heterocycles. The molecule has 2 nitrogen and oxygen atoms in total. The molecule has 2 heteroatoms. The second-order valence-electron chi connectivity index (χ2n) is 4.26. The molecule has 0 rings (SSSR count). The maximum Gasteiger partial charge on any atom is 0.0905 e. The summed E-state index contributed by atoms with van der Waals surface area (Å²) >= 11 is 0. The highest BCUT2D eigenvalue weighted by Crippen LogP contribution is 2.26. The SMILES string of the molecule is CCCCC(O)C(O)(CCC)CCC. The van der Waals surface area contributed by atoms with Crippen LogP contribution in [0.1, 0.15) is 65.7 Å². The molecule has 1 unspecified atom stereocenters. The van der Waals surface area contributed by atoms with Crippen LogP contribution in [0.15, 0.2) is 0 Å². The first kappa shape index (κ1) is 13.9. The lowest BCUT2D eigenvalue weighted by Crippen LogP contribution is -2.42. The van der Waals surface area contributed by atoms with Crippen molar-refractivity contribution in [1.29, 1.82) is 0 Å². The first-order valence-corrected chi connectivity index (χ1v) is 6.01. The highest BCUT2D eigenvalue weighted by atomic mass is 16.3. The van der Waals surface area contributed by atoms with Crippen LogP contribution in [-0.4, -0.2) is 21.9 Å². The van der Waals surface area contributed by atoms with Crippen molar-refractivity contribution in [1.82, 2.24) is 0 Å². The van der Waals surface area contributed by atoms with Gasteiger partial charge in [-0.1, -0.05) is 46.5 Å². The molecule has 14 heavy (non-hydrogen) atoms. The third-order valence-electron chi connectivity index (χ3n) is 2.82. The van der Waals surface area contributed by atoms with Crippen LogP contribution < -0.4 is 0 Å². The van der Waals surface area contributed by atoms with Gasteiger partial charge in [-0.2, -0.15) is 0 Å². The van der Waals surface area contributed by atoms with E-state index in [9.17, 15) is 10.2 Å². The summed E-state index contributed by atoms with van der Waals surface area (Å²) in [5.74, 6) is 0. The lowest BCUT2D eigenvalue weighted by atomic mass is 9.85. The van der Waals surface area contributed by atoms with Gasteiger partial charge in [-0.15, -0.1) is 0 Å². The normalized spacial score (nSPS) is 14.4. The van der Waals surface area contributed by atoms with E-state index in [0.717, 1.165) is 32.1 Å². The minimum atomic E-state index is -0.835. The number of aliphatic hydroxyl groups excluding tert-OH is 1. The van der Waals surface area contributed by atoms with Crippen molar-refractivity contribution in [3.05, 3.63) is 0 Å². The zero-order valence-electron chi connectivity index (χ0n) is 9.92. The second kappa shape index (κ2) is 7.24. The highest BCUT2D eigenvalue weighted by molar-refractivity contribution is 4.85. The second-order valence-corrected chi connectivity index (χ2v) is 4.26. The van der Waals surface area contributed by atoms with Crippen molar-refractivity contribution in [3.8, 4) is 0 Å². The van der Waals surface area contributed by atoms with E-state index in [1.165, 1.54) is 0 Å².